The van der Waals surface area contributed by atoms with Crippen molar-refractivity contribution in [3.05, 3.63) is 24.0 Å². The van der Waals surface area contributed by atoms with Crippen molar-refractivity contribution in [1.82, 2.24) is 10.4 Å². The molecule has 0 atom stereocenters. The topological polar surface area (TPSA) is 97.5 Å². The molecule has 0 bridgehead atoms. The number of hydrazine groups is 1. The van der Waals surface area contributed by atoms with Gasteiger partial charge < -0.3 is 4.89 Å². The third-order valence-electron chi connectivity index (χ3n) is 1.26. The van der Waals surface area contributed by atoms with Gasteiger partial charge in [-0.05, 0) is 6.07 Å². The molecule has 1 rings (SSSR count). The van der Waals surface area contributed by atoms with E-state index in [1.165, 1.54) is 18.5 Å². The van der Waals surface area contributed by atoms with E-state index >= 15 is 0 Å². The maximum atomic E-state index is 10.9. The lowest BCUT2D eigenvalue weighted by molar-refractivity contribution is -0.138. The first kappa shape index (κ1) is 8.44. The largest absolute Gasteiger partial charge is 0.338 e. The van der Waals surface area contributed by atoms with Gasteiger partial charge in [-0.2, -0.15) is 0 Å². The van der Waals surface area contributed by atoms with Crippen molar-refractivity contribution in [2.75, 3.05) is 0 Å². The first-order valence-electron chi connectivity index (χ1n) is 3.06. The Morgan fingerprint density at radius 3 is 3.08 bits per heavy atom. The molecule has 12 heavy (non-hydrogen) atoms. The quantitative estimate of drug-likeness (QED) is 0.241. The van der Waals surface area contributed by atoms with Gasteiger partial charge in [-0.15, -0.1) is 0 Å². The Kier molecular flexibility index (Phi) is 2.57. The lowest BCUT2D eigenvalue weighted by Crippen LogP contribution is -2.30. The number of nitrogens with zero attached hydrogens (tertiary/aromatic N) is 1. The Morgan fingerprint density at radius 1 is 1.75 bits per heavy atom. The predicted octanol–water partition coefficient (Wildman–Crippen LogP) is -0.463. The van der Waals surface area contributed by atoms with Gasteiger partial charge in [-0.1, -0.05) is 0 Å². The summed E-state index contributed by atoms with van der Waals surface area (Å²) in [4.78, 5) is 18.5. The first-order valence-corrected chi connectivity index (χ1v) is 3.06. The van der Waals surface area contributed by atoms with Crippen LogP contribution < -0.4 is 16.2 Å². The minimum absolute atomic E-state index is 0.0412. The maximum absolute atomic E-state index is 10.9. The van der Waals surface area contributed by atoms with Crippen LogP contribution in [0.1, 0.15) is 10.4 Å². The fraction of sp³-hybridized carbons (Fsp3) is 0. The zero-order chi connectivity index (χ0) is 8.97. The molecule has 0 aliphatic carbocycles. The van der Waals surface area contributed by atoms with E-state index in [1.54, 1.807) is 0 Å². The summed E-state index contributed by atoms with van der Waals surface area (Å²) in [6.45, 7) is 0. The van der Waals surface area contributed by atoms with Crippen LogP contribution in [-0.4, -0.2) is 16.1 Å². The number of hydrogen-bond donors (Lipinski definition) is 3. The van der Waals surface area contributed by atoms with Gasteiger partial charge in [0.05, 0.1) is 11.8 Å². The van der Waals surface area contributed by atoms with Crippen molar-refractivity contribution in [2.45, 2.75) is 0 Å². The van der Waals surface area contributed by atoms with E-state index in [0.717, 1.165) is 0 Å². The third-order valence-corrected chi connectivity index (χ3v) is 1.26. The minimum Gasteiger partial charge on any atom is -0.338 e. The van der Waals surface area contributed by atoms with Gasteiger partial charge in [0.25, 0.3) is 5.91 Å². The number of nitrogen functional groups attached to an aromatic ring is 1. The number of amides is 1. The summed E-state index contributed by atoms with van der Waals surface area (Å²) in [5, 5.41) is 8.30. The summed E-state index contributed by atoms with van der Waals surface area (Å²) >= 11 is 0. The third kappa shape index (κ3) is 1.49. The molecule has 4 N–H and O–H groups in total. The smallest absolute Gasteiger partial charge is 0.269 e. The minimum atomic E-state index is -0.554. The number of carbonyl (C=O) groups excluding carboxylic acids is 1. The Bertz CT molecular complexity index is 289. The fourth-order valence-corrected chi connectivity index (χ4v) is 0.718. The van der Waals surface area contributed by atoms with E-state index in [9.17, 15) is 4.79 Å². The van der Waals surface area contributed by atoms with Crippen LogP contribution in [0.25, 0.3) is 0 Å². The van der Waals surface area contributed by atoms with Crippen molar-refractivity contribution < 1.29 is 14.9 Å². The molecule has 6 nitrogen and oxygen atoms in total. The van der Waals surface area contributed by atoms with Crippen LogP contribution in [0.15, 0.2) is 18.5 Å². The molecule has 0 aliphatic rings. The van der Waals surface area contributed by atoms with Gasteiger partial charge in [0, 0.05) is 6.20 Å². The van der Waals surface area contributed by atoms with E-state index in [1.807, 2.05) is 5.43 Å². The predicted molar refractivity (Wildman–Crippen MR) is 39.1 cm³/mol. The number of hydrogen-bond acceptors (Lipinski definition) is 5. The van der Waals surface area contributed by atoms with Crippen molar-refractivity contribution in [3.8, 4) is 5.75 Å². The number of rotatable bonds is 2. The number of nitrogens with one attached hydrogen (secondary N) is 1. The zero-order valence-corrected chi connectivity index (χ0v) is 6.02. The number of aromatic nitrogens is 1. The Labute approximate surface area is 67.9 Å². The average molecular weight is 169 g/mol. The Morgan fingerprint density at radius 2 is 2.50 bits per heavy atom. The number of pyridine rings is 1. The van der Waals surface area contributed by atoms with Gasteiger partial charge in [0.1, 0.15) is 0 Å². The van der Waals surface area contributed by atoms with Gasteiger partial charge in [0.2, 0.25) is 0 Å². The van der Waals surface area contributed by atoms with Crippen LogP contribution in [0.2, 0.25) is 0 Å². The molecule has 0 spiro atoms. The van der Waals surface area contributed by atoms with E-state index in [4.69, 9.17) is 11.1 Å². The van der Waals surface area contributed by atoms with Crippen molar-refractivity contribution in [3.63, 3.8) is 0 Å². The molecule has 0 saturated heterocycles. The highest BCUT2D eigenvalue weighted by molar-refractivity contribution is 5.96. The normalized spacial score (nSPS) is 9.17. The zero-order valence-electron chi connectivity index (χ0n) is 6.02. The van der Waals surface area contributed by atoms with Crippen molar-refractivity contribution in [1.29, 1.82) is 0 Å². The van der Waals surface area contributed by atoms with Gasteiger partial charge >= 0.3 is 0 Å². The lowest BCUT2D eigenvalue weighted by Gasteiger charge is -2.02. The molecule has 0 fully saturated rings. The number of nitrogens with two attached hydrogens (primary N) is 1. The van der Waals surface area contributed by atoms with Crippen LogP contribution in [0.3, 0.4) is 0 Å². The summed E-state index contributed by atoms with van der Waals surface area (Å²) in [6, 6.07) is 1.37. The average Bonchev–Trinajstić information content (AvgIpc) is 2.16. The molecule has 0 unspecified atom stereocenters. The highest BCUT2D eigenvalue weighted by atomic mass is 17.1. The van der Waals surface area contributed by atoms with E-state index in [2.05, 4.69) is 9.87 Å². The lowest BCUT2D eigenvalue weighted by atomic mass is 10.2. The standard InChI is InChI=1S/C6H7N3O3/c7-9-6(10)4-1-2-8-3-5(4)12-11/h1-3,11H,7H2,(H,9,10). The summed E-state index contributed by atoms with van der Waals surface area (Å²) in [6.07, 6.45) is 2.58. The summed E-state index contributed by atoms with van der Waals surface area (Å²) in [5.41, 5.74) is 2.02. The monoisotopic (exact) mass is 169 g/mol. The van der Waals surface area contributed by atoms with Crippen molar-refractivity contribution >= 4 is 5.91 Å². The van der Waals surface area contributed by atoms with E-state index in [0.29, 0.717) is 0 Å². The highest BCUT2D eigenvalue weighted by Gasteiger charge is 2.10. The second-order valence-corrected chi connectivity index (χ2v) is 1.94. The van der Waals surface area contributed by atoms with Crippen LogP contribution in [0.4, 0.5) is 0 Å². The molecule has 64 valence electrons. The summed E-state index contributed by atoms with van der Waals surface area (Å²) < 4.78 is 0. The SMILES string of the molecule is NNC(=O)c1ccncc1OO. The molecule has 0 aromatic carbocycles. The molecule has 1 aromatic heterocycles. The molecule has 1 heterocycles. The molecular formula is C6H7N3O3. The van der Waals surface area contributed by atoms with Gasteiger partial charge in [0.15, 0.2) is 5.75 Å². The van der Waals surface area contributed by atoms with Crippen LogP contribution in [0.5, 0.6) is 5.75 Å². The van der Waals surface area contributed by atoms with Crippen LogP contribution in [0, 0.1) is 0 Å². The summed E-state index contributed by atoms with van der Waals surface area (Å²) in [7, 11) is 0. The molecule has 6 heteroatoms. The Hall–Kier alpha value is -1.66. The molecule has 0 radical (unpaired) electrons. The molecule has 1 amide bonds. The van der Waals surface area contributed by atoms with Gasteiger partial charge in [-0.3, -0.25) is 15.2 Å². The van der Waals surface area contributed by atoms with Crippen LogP contribution in [-0.2, 0) is 0 Å². The van der Waals surface area contributed by atoms with Crippen molar-refractivity contribution in [2.24, 2.45) is 5.84 Å². The van der Waals surface area contributed by atoms with E-state index < -0.39 is 5.91 Å². The van der Waals surface area contributed by atoms with Crippen LogP contribution >= 0.6 is 0 Å². The molecule has 0 saturated carbocycles. The highest BCUT2D eigenvalue weighted by Crippen LogP contribution is 2.14. The number of carbonyl (C=O) groups is 1. The second kappa shape index (κ2) is 3.65. The second-order valence-electron chi connectivity index (χ2n) is 1.94. The Balaban J connectivity index is 3.04. The summed E-state index contributed by atoms with van der Waals surface area (Å²) in [5.74, 6) is 4.28. The van der Waals surface area contributed by atoms with Gasteiger partial charge in [-0.25, -0.2) is 11.1 Å². The molecule has 1 aromatic rings. The van der Waals surface area contributed by atoms with E-state index in [-0.39, 0.29) is 11.3 Å². The maximum Gasteiger partial charge on any atom is 0.269 e. The molecule has 0 aliphatic heterocycles. The first-order chi connectivity index (χ1) is 5.79. The molecular weight excluding hydrogens is 162 g/mol. The fourth-order valence-electron chi connectivity index (χ4n) is 0.718.